The number of nitrogens with one attached hydrogen (secondary N) is 1. The van der Waals surface area contributed by atoms with Crippen molar-refractivity contribution in [1.29, 1.82) is 0 Å². The molecule has 10 heteroatoms. The lowest BCUT2D eigenvalue weighted by molar-refractivity contribution is 0.306. The zero-order chi connectivity index (χ0) is 29.0. The largest absolute Gasteiger partial charge is 0.493 e. The molecule has 0 atom stereocenters. The van der Waals surface area contributed by atoms with Crippen LogP contribution >= 0.6 is 0 Å². The maximum Gasteiger partial charge on any atom is 0.328 e. The number of hydrogen-bond donors (Lipinski definition) is 1. The van der Waals surface area contributed by atoms with Gasteiger partial charge in [0.15, 0.2) is 5.75 Å². The number of sulfonamides is 1. The molecule has 9 nitrogen and oxygen atoms in total. The Morgan fingerprint density at radius 3 is 2.15 bits per heavy atom. The van der Waals surface area contributed by atoms with Gasteiger partial charge in [-0.05, 0) is 54.4 Å². The van der Waals surface area contributed by atoms with Crippen LogP contribution < -0.4 is 24.6 Å². The Morgan fingerprint density at radius 1 is 0.756 bits per heavy atom. The Bertz CT molecular complexity index is 1830. The van der Waals surface area contributed by atoms with Gasteiger partial charge in [-0.1, -0.05) is 43.3 Å². The van der Waals surface area contributed by atoms with E-state index in [9.17, 15) is 13.2 Å². The number of ether oxygens (including phenoxy) is 3. The van der Waals surface area contributed by atoms with E-state index in [4.69, 9.17) is 14.2 Å². The standard InChI is InChI=1S/C31H31N3O6S/c1-4-17-38-24-11-8-12-25(18-24)40-30-20-29-28(33(2)31(35)34(29)3)19-27(30)32-41(36,37)26-15-13-23(14-16-26)39-21-22-9-6-5-7-10-22/h5-16,18-20,32H,4,17,21H2,1-3H3. The lowest BCUT2D eigenvalue weighted by atomic mass is 10.2. The summed E-state index contributed by atoms with van der Waals surface area (Å²) in [5.74, 6) is 1.87. The molecule has 1 N–H and O–H groups in total. The average molecular weight is 574 g/mol. The molecular weight excluding hydrogens is 542 g/mol. The van der Waals surface area contributed by atoms with Gasteiger partial charge in [-0.25, -0.2) is 13.2 Å². The molecule has 5 aromatic rings. The number of aromatic nitrogens is 2. The molecule has 0 bridgehead atoms. The fourth-order valence-corrected chi connectivity index (χ4v) is 5.39. The van der Waals surface area contributed by atoms with Crippen molar-refractivity contribution in [2.45, 2.75) is 24.8 Å². The molecule has 4 aromatic carbocycles. The van der Waals surface area contributed by atoms with Crippen molar-refractivity contribution in [3.8, 4) is 23.0 Å². The van der Waals surface area contributed by atoms with Crippen LogP contribution in [0.5, 0.6) is 23.0 Å². The first-order valence-corrected chi connectivity index (χ1v) is 14.6. The lowest BCUT2D eigenvalue weighted by Crippen LogP contribution is -2.19. The van der Waals surface area contributed by atoms with Crippen molar-refractivity contribution in [3.05, 3.63) is 107 Å². The highest BCUT2D eigenvalue weighted by Crippen LogP contribution is 2.36. The van der Waals surface area contributed by atoms with Gasteiger partial charge in [-0.2, -0.15) is 0 Å². The summed E-state index contributed by atoms with van der Waals surface area (Å²) in [7, 11) is -0.739. The monoisotopic (exact) mass is 573 g/mol. The van der Waals surface area contributed by atoms with Crippen molar-refractivity contribution in [2.75, 3.05) is 11.3 Å². The summed E-state index contributed by atoms with van der Waals surface area (Å²) in [6.07, 6.45) is 0.857. The minimum Gasteiger partial charge on any atom is -0.493 e. The van der Waals surface area contributed by atoms with Gasteiger partial charge < -0.3 is 14.2 Å². The van der Waals surface area contributed by atoms with Crippen molar-refractivity contribution in [2.24, 2.45) is 14.1 Å². The van der Waals surface area contributed by atoms with Gasteiger partial charge in [0.2, 0.25) is 0 Å². The van der Waals surface area contributed by atoms with Gasteiger partial charge in [0.25, 0.3) is 10.0 Å². The van der Waals surface area contributed by atoms with Crippen molar-refractivity contribution < 1.29 is 22.6 Å². The highest BCUT2D eigenvalue weighted by Gasteiger charge is 2.20. The van der Waals surface area contributed by atoms with Crippen LogP contribution in [0.2, 0.25) is 0 Å². The van der Waals surface area contributed by atoms with Gasteiger partial charge in [0, 0.05) is 26.2 Å². The Kier molecular flexibility index (Phi) is 8.02. The van der Waals surface area contributed by atoms with Gasteiger partial charge in [-0.15, -0.1) is 0 Å². The number of imidazole rings is 1. The number of hydrogen-bond acceptors (Lipinski definition) is 6. The van der Waals surface area contributed by atoms with Crippen LogP contribution in [0.15, 0.2) is 101 Å². The predicted octanol–water partition coefficient (Wildman–Crippen LogP) is 5.84. The molecule has 0 aliphatic carbocycles. The minimum absolute atomic E-state index is 0.0486. The number of benzene rings is 4. The van der Waals surface area contributed by atoms with E-state index >= 15 is 0 Å². The molecule has 0 amide bonds. The second kappa shape index (κ2) is 11.8. The van der Waals surface area contributed by atoms with E-state index in [-0.39, 0.29) is 22.0 Å². The third kappa shape index (κ3) is 6.22. The molecule has 0 saturated carbocycles. The van der Waals surface area contributed by atoms with E-state index in [1.807, 2.05) is 43.3 Å². The molecule has 0 saturated heterocycles. The Balaban J connectivity index is 1.44. The van der Waals surface area contributed by atoms with E-state index < -0.39 is 10.0 Å². The van der Waals surface area contributed by atoms with E-state index in [1.165, 1.54) is 21.3 Å². The molecule has 0 spiro atoms. The Hall–Kier alpha value is -4.70. The minimum atomic E-state index is -4.02. The molecule has 41 heavy (non-hydrogen) atoms. The van der Waals surface area contributed by atoms with E-state index in [1.54, 1.807) is 56.6 Å². The summed E-state index contributed by atoms with van der Waals surface area (Å²) >= 11 is 0. The summed E-state index contributed by atoms with van der Waals surface area (Å²) in [6.45, 7) is 2.94. The Morgan fingerprint density at radius 2 is 1.44 bits per heavy atom. The van der Waals surface area contributed by atoms with Crippen LogP contribution in [0.4, 0.5) is 5.69 Å². The number of rotatable bonds is 11. The summed E-state index contributed by atoms with van der Waals surface area (Å²) < 4.78 is 50.2. The van der Waals surface area contributed by atoms with Crippen LogP contribution in [0.3, 0.4) is 0 Å². The number of fused-ring (bicyclic) bond motifs is 1. The van der Waals surface area contributed by atoms with Gasteiger partial charge >= 0.3 is 5.69 Å². The average Bonchev–Trinajstić information content (AvgIpc) is 3.19. The first-order valence-electron chi connectivity index (χ1n) is 13.1. The van der Waals surface area contributed by atoms with Crippen molar-refractivity contribution >= 4 is 26.7 Å². The van der Waals surface area contributed by atoms with Crippen LogP contribution in [-0.2, 0) is 30.7 Å². The maximum atomic E-state index is 13.5. The zero-order valence-electron chi connectivity index (χ0n) is 23.0. The molecule has 1 aromatic heterocycles. The molecule has 0 fully saturated rings. The third-order valence-corrected chi connectivity index (χ3v) is 7.89. The smallest absolute Gasteiger partial charge is 0.328 e. The summed E-state index contributed by atoms with van der Waals surface area (Å²) in [5, 5.41) is 0. The third-order valence-electron chi connectivity index (χ3n) is 6.51. The fourth-order valence-electron chi connectivity index (χ4n) is 4.32. The molecular formula is C31H31N3O6S. The first-order chi connectivity index (χ1) is 19.7. The van der Waals surface area contributed by atoms with Crippen LogP contribution in [0.25, 0.3) is 11.0 Å². The highest BCUT2D eigenvalue weighted by atomic mass is 32.2. The van der Waals surface area contributed by atoms with Crippen LogP contribution in [0, 0.1) is 0 Å². The molecule has 5 rings (SSSR count). The van der Waals surface area contributed by atoms with Crippen LogP contribution in [0.1, 0.15) is 18.9 Å². The molecule has 1 heterocycles. The van der Waals surface area contributed by atoms with Gasteiger partial charge in [0.1, 0.15) is 23.9 Å². The normalized spacial score (nSPS) is 11.4. The second-order valence-corrected chi connectivity index (χ2v) is 11.2. The molecule has 0 aliphatic heterocycles. The van der Waals surface area contributed by atoms with Gasteiger partial charge in [0.05, 0.1) is 28.2 Å². The highest BCUT2D eigenvalue weighted by molar-refractivity contribution is 7.92. The van der Waals surface area contributed by atoms with Crippen LogP contribution in [-0.4, -0.2) is 24.2 Å². The summed E-state index contributed by atoms with van der Waals surface area (Å²) in [6, 6.07) is 26.2. The van der Waals surface area contributed by atoms with Gasteiger partial charge in [-0.3, -0.25) is 13.9 Å². The summed E-state index contributed by atoms with van der Waals surface area (Å²) in [5.41, 5.74) is 2.09. The van der Waals surface area contributed by atoms with Crippen molar-refractivity contribution in [3.63, 3.8) is 0 Å². The number of anilines is 1. The lowest BCUT2D eigenvalue weighted by Gasteiger charge is -2.15. The van der Waals surface area contributed by atoms with E-state index in [2.05, 4.69) is 4.72 Å². The molecule has 0 radical (unpaired) electrons. The second-order valence-electron chi connectivity index (χ2n) is 9.51. The predicted molar refractivity (Wildman–Crippen MR) is 158 cm³/mol. The number of nitrogens with zero attached hydrogens (tertiary/aromatic N) is 2. The molecule has 0 aliphatic rings. The quantitative estimate of drug-likeness (QED) is 0.213. The SMILES string of the molecule is CCCOc1cccc(Oc2cc3c(cc2NS(=O)(=O)c2ccc(OCc4ccccc4)cc2)n(C)c(=O)n3C)c1. The molecule has 212 valence electrons. The van der Waals surface area contributed by atoms with Crippen molar-refractivity contribution in [1.82, 2.24) is 9.13 Å². The first kappa shape index (κ1) is 27.9. The Labute approximate surface area is 238 Å². The molecule has 0 unspecified atom stereocenters. The zero-order valence-corrected chi connectivity index (χ0v) is 23.9. The number of aryl methyl sites for hydroxylation is 2. The maximum absolute atomic E-state index is 13.5. The van der Waals surface area contributed by atoms with E-state index in [0.29, 0.717) is 41.5 Å². The van der Waals surface area contributed by atoms with E-state index in [0.717, 1.165) is 12.0 Å². The topological polar surface area (TPSA) is 101 Å². The summed E-state index contributed by atoms with van der Waals surface area (Å²) in [4.78, 5) is 12.7. The fraction of sp³-hybridized carbons (Fsp3) is 0.194.